The van der Waals surface area contributed by atoms with Crippen molar-refractivity contribution in [3.63, 3.8) is 0 Å². The van der Waals surface area contributed by atoms with Crippen molar-refractivity contribution in [2.24, 2.45) is 5.73 Å². The molecule has 1 unspecified atom stereocenters. The van der Waals surface area contributed by atoms with E-state index in [0.29, 0.717) is 13.0 Å². The summed E-state index contributed by atoms with van der Waals surface area (Å²) in [5.41, 5.74) is 9.32. The summed E-state index contributed by atoms with van der Waals surface area (Å²) in [4.78, 5) is 26.4. The average molecular weight is 402 g/mol. The lowest BCUT2D eigenvalue weighted by Gasteiger charge is -2.23. The molecule has 4 rings (SSSR count). The van der Waals surface area contributed by atoms with E-state index in [-0.39, 0.29) is 17.9 Å². The molecule has 6 heteroatoms. The second-order valence-electron chi connectivity index (χ2n) is 7.67. The highest BCUT2D eigenvalue weighted by molar-refractivity contribution is 5.93. The number of benzene rings is 2. The van der Waals surface area contributed by atoms with Crippen LogP contribution < -0.4 is 11.1 Å². The molecule has 154 valence electrons. The maximum Gasteiger partial charge on any atom is 0.234 e. The summed E-state index contributed by atoms with van der Waals surface area (Å²) in [6.45, 7) is 1.43. The van der Waals surface area contributed by atoms with Crippen LogP contribution in [-0.4, -0.2) is 33.9 Å². The molecule has 30 heavy (non-hydrogen) atoms. The lowest BCUT2D eigenvalue weighted by molar-refractivity contribution is -0.122. The van der Waals surface area contributed by atoms with Crippen molar-refractivity contribution >= 4 is 17.5 Å². The second kappa shape index (κ2) is 8.97. The number of nitrogens with two attached hydrogens (primary N) is 1. The Morgan fingerprint density at radius 1 is 1.00 bits per heavy atom. The Labute approximate surface area is 176 Å². The maximum atomic E-state index is 12.7. The Morgan fingerprint density at radius 3 is 2.47 bits per heavy atom. The van der Waals surface area contributed by atoms with Gasteiger partial charge in [0.15, 0.2) is 0 Å². The van der Waals surface area contributed by atoms with Gasteiger partial charge in [-0.05, 0) is 60.8 Å². The number of amides is 2. The summed E-state index contributed by atoms with van der Waals surface area (Å²) >= 11 is 0. The van der Waals surface area contributed by atoms with E-state index in [9.17, 15) is 9.59 Å². The Bertz CT molecular complexity index is 1010. The molecule has 0 spiro atoms. The van der Waals surface area contributed by atoms with E-state index in [1.807, 2.05) is 77.6 Å². The monoisotopic (exact) mass is 402 g/mol. The second-order valence-corrected chi connectivity index (χ2v) is 7.67. The van der Waals surface area contributed by atoms with Crippen LogP contribution >= 0.6 is 0 Å². The number of anilines is 1. The Hall–Kier alpha value is -3.38. The van der Waals surface area contributed by atoms with Gasteiger partial charge in [-0.2, -0.15) is 0 Å². The van der Waals surface area contributed by atoms with Crippen LogP contribution in [0, 0.1) is 0 Å². The zero-order chi connectivity index (χ0) is 20.9. The molecule has 0 bridgehead atoms. The molecular formula is C24H26N4O2. The predicted octanol–water partition coefficient (Wildman–Crippen LogP) is 3.11. The Balaban J connectivity index is 1.40. The highest BCUT2D eigenvalue weighted by atomic mass is 16.2. The third-order valence-electron chi connectivity index (χ3n) is 5.56. The largest absolute Gasteiger partial charge is 0.368 e. The highest BCUT2D eigenvalue weighted by Gasteiger charge is 2.29. The molecule has 3 N–H and O–H groups in total. The summed E-state index contributed by atoms with van der Waals surface area (Å²) in [6.07, 6.45) is 6.03. The summed E-state index contributed by atoms with van der Waals surface area (Å²) in [5, 5.41) is 3.03. The smallest absolute Gasteiger partial charge is 0.234 e. The number of carbonyl (C=O) groups is 2. The first-order chi connectivity index (χ1) is 14.6. The van der Waals surface area contributed by atoms with Crippen molar-refractivity contribution in [1.29, 1.82) is 0 Å². The maximum absolute atomic E-state index is 12.7. The molecule has 1 saturated heterocycles. The molecule has 2 aromatic carbocycles. The third kappa shape index (κ3) is 4.60. The van der Waals surface area contributed by atoms with Gasteiger partial charge < -0.3 is 15.6 Å². The molecule has 0 aliphatic carbocycles. The van der Waals surface area contributed by atoms with Gasteiger partial charge in [0.1, 0.15) is 0 Å². The summed E-state index contributed by atoms with van der Waals surface area (Å²) in [5.74, 6) is -0.346. The van der Waals surface area contributed by atoms with Crippen LogP contribution in [0.1, 0.15) is 24.0 Å². The number of hydrogen-bond acceptors (Lipinski definition) is 3. The van der Waals surface area contributed by atoms with Gasteiger partial charge >= 0.3 is 0 Å². The molecule has 3 aromatic rings. The SMILES string of the molecule is NC(=O)C1CCCN1Cc1ccccc1NC(=O)Cc1ccc(-n2cccc2)cc1. The number of aromatic nitrogens is 1. The van der Waals surface area contributed by atoms with Crippen molar-refractivity contribution in [2.45, 2.75) is 31.8 Å². The van der Waals surface area contributed by atoms with E-state index in [4.69, 9.17) is 5.73 Å². The number of nitrogens with one attached hydrogen (secondary N) is 1. The number of carbonyl (C=O) groups excluding carboxylic acids is 2. The molecule has 1 aromatic heterocycles. The highest BCUT2D eigenvalue weighted by Crippen LogP contribution is 2.24. The number of para-hydroxylation sites is 1. The molecule has 2 amide bonds. The van der Waals surface area contributed by atoms with Gasteiger partial charge in [-0.3, -0.25) is 14.5 Å². The molecule has 2 heterocycles. The minimum Gasteiger partial charge on any atom is -0.368 e. The van der Waals surface area contributed by atoms with Crippen LogP contribution in [0.4, 0.5) is 5.69 Å². The molecular weight excluding hydrogens is 376 g/mol. The minimum absolute atomic E-state index is 0.0657. The molecule has 1 aliphatic rings. The first-order valence-corrected chi connectivity index (χ1v) is 10.2. The van der Waals surface area contributed by atoms with Gasteiger partial charge in [0.2, 0.25) is 11.8 Å². The first kappa shape index (κ1) is 19.9. The molecule has 0 radical (unpaired) electrons. The fourth-order valence-corrected chi connectivity index (χ4v) is 4.01. The van der Waals surface area contributed by atoms with Crippen molar-refractivity contribution in [3.05, 3.63) is 84.2 Å². The Morgan fingerprint density at radius 2 is 1.73 bits per heavy atom. The fourth-order valence-electron chi connectivity index (χ4n) is 4.01. The fraction of sp³-hybridized carbons (Fsp3) is 0.250. The van der Waals surface area contributed by atoms with E-state index >= 15 is 0 Å². The van der Waals surface area contributed by atoms with Crippen LogP contribution in [0.15, 0.2) is 73.1 Å². The number of hydrogen-bond donors (Lipinski definition) is 2. The van der Waals surface area contributed by atoms with Crippen LogP contribution in [0.3, 0.4) is 0 Å². The molecule has 1 aliphatic heterocycles. The quantitative estimate of drug-likeness (QED) is 0.637. The van der Waals surface area contributed by atoms with Gasteiger partial charge in [-0.15, -0.1) is 0 Å². The van der Waals surface area contributed by atoms with E-state index in [0.717, 1.165) is 41.9 Å². The third-order valence-corrected chi connectivity index (χ3v) is 5.56. The van der Waals surface area contributed by atoms with Crippen LogP contribution in [0.25, 0.3) is 5.69 Å². The number of likely N-dealkylation sites (tertiary alicyclic amines) is 1. The first-order valence-electron chi connectivity index (χ1n) is 10.2. The van der Waals surface area contributed by atoms with Gasteiger partial charge in [-0.1, -0.05) is 30.3 Å². The van der Waals surface area contributed by atoms with Crippen LogP contribution in [0.2, 0.25) is 0 Å². The van der Waals surface area contributed by atoms with Crippen LogP contribution in [0.5, 0.6) is 0 Å². The minimum atomic E-state index is -0.280. The summed E-state index contributed by atoms with van der Waals surface area (Å²) < 4.78 is 2.03. The lowest BCUT2D eigenvalue weighted by Crippen LogP contribution is -2.39. The normalized spacial score (nSPS) is 16.5. The molecule has 0 saturated carbocycles. The van der Waals surface area contributed by atoms with Crippen molar-refractivity contribution in [1.82, 2.24) is 9.47 Å². The zero-order valence-electron chi connectivity index (χ0n) is 16.8. The number of nitrogens with zero attached hydrogens (tertiary/aromatic N) is 2. The van der Waals surface area contributed by atoms with Gasteiger partial charge in [-0.25, -0.2) is 0 Å². The molecule has 1 fully saturated rings. The number of rotatable bonds is 7. The van der Waals surface area contributed by atoms with E-state index in [2.05, 4.69) is 10.2 Å². The van der Waals surface area contributed by atoms with Crippen LogP contribution in [-0.2, 0) is 22.6 Å². The van der Waals surface area contributed by atoms with E-state index < -0.39 is 0 Å². The van der Waals surface area contributed by atoms with Crippen molar-refractivity contribution in [3.8, 4) is 5.69 Å². The zero-order valence-corrected chi connectivity index (χ0v) is 16.8. The van der Waals surface area contributed by atoms with Crippen molar-refractivity contribution < 1.29 is 9.59 Å². The van der Waals surface area contributed by atoms with E-state index in [1.54, 1.807) is 0 Å². The van der Waals surface area contributed by atoms with Gasteiger partial charge in [0, 0.05) is 30.3 Å². The predicted molar refractivity (Wildman–Crippen MR) is 117 cm³/mol. The Kier molecular flexibility index (Phi) is 5.95. The topological polar surface area (TPSA) is 80.4 Å². The van der Waals surface area contributed by atoms with Gasteiger partial charge in [0.05, 0.1) is 12.5 Å². The van der Waals surface area contributed by atoms with Gasteiger partial charge in [0.25, 0.3) is 0 Å². The molecule has 6 nitrogen and oxygen atoms in total. The van der Waals surface area contributed by atoms with E-state index in [1.165, 1.54) is 0 Å². The summed E-state index contributed by atoms with van der Waals surface area (Å²) in [7, 11) is 0. The molecule has 1 atom stereocenters. The lowest BCUT2D eigenvalue weighted by atomic mass is 10.1. The standard InChI is InChI=1S/C24H26N4O2/c25-24(30)22-8-5-15-28(22)17-19-6-1-2-7-21(19)26-23(29)16-18-9-11-20(12-10-18)27-13-3-4-14-27/h1-4,6-7,9-14,22H,5,8,15-17H2,(H2,25,30)(H,26,29). The van der Waals surface area contributed by atoms with Crippen molar-refractivity contribution in [2.75, 3.05) is 11.9 Å². The number of primary amides is 1. The summed E-state index contributed by atoms with van der Waals surface area (Å²) in [6, 6.07) is 19.4. The average Bonchev–Trinajstić information content (AvgIpc) is 3.42.